The molecule has 136 valence electrons. The third-order valence-corrected chi connectivity index (χ3v) is 5.66. The molecule has 2 fully saturated rings. The van der Waals surface area contributed by atoms with Gasteiger partial charge in [-0.15, -0.1) is 0 Å². The maximum Gasteiger partial charge on any atom is 0.236 e. The zero-order valence-electron chi connectivity index (χ0n) is 15.0. The summed E-state index contributed by atoms with van der Waals surface area (Å²) in [7, 11) is 0. The van der Waals surface area contributed by atoms with Gasteiger partial charge < -0.3 is 15.0 Å². The Morgan fingerprint density at radius 1 is 1.28 bits per heavy atom. The summed E-state index contributed by atoms with van der Waals surface area (Å²) in [5.41, 5.74) is 2.03. The molecule has 7 nitrogen and oxygen atoms in total. The largest absolute Gasteiger partial charge is 0.368 e. The fourth-order valence-electron chi connectivity index (χ4n) is 4.16. The molecule has 1 N–H and O–H groups in total. The van der Waals surface area contributed by atoms with E-state index in [0.717, 1.165) is 76.7 Å². The third kappa shape index (κ3) is 3.41. The average Bonchev–Trinajstić information content (AvgIpc) is 2.65. The van der Waals surface area contributed by atoms with Gasteiger partial charge in [0.1, 0.15) is 11.4 Å². The summed E-state index contributed by atoms with van der Waals surface area (Å²) in [6.45, 7) is 8.39. The van der Waals surface area contributed by atoms with Crippen molar-refractivity contribution < 1.29 is 9.53 Å². The van der Waals surface area contributed by atoms with E-state index in [1.54, 1.807) is 0 Å². The first-order valence-electron chi connectivity index (χ1n) is 9.34. The number of aromatic nitrogens is 2. The van der Waals surface area contributed by atoms with Gasteiger partial charge in [-0.3, -0.25) is 9.69 Å². The van der Waals surface area contributed by atoms with Crippen LogP contribution >= 0.6 is 0 Å². The van der Waals surface area contributed by atoms with Crippen LogP contribution in [0.15, 0.2) is 6.20 Å². The van der Waals surface area contributed by atoms with Crippen molar-refractivity contribution in [3.63, 3.8) is 0 Å². The van der Waals surface area contributed by atoms with Crippen molar-refractivity contribution in [1.82, 2.24) is 25.1 Å². The molecule has 0 aromatic carbocycles. The van der Waals surface area contributed by atoms with E-state index in [4.69, 9.17) is 9.72 Å². The van der Waals surface area contributed by atoms with E-state index in [2.05, 4.69) is 15.2 Å². The SMILES string of the molecule is Cc1ncc2c(n1)C1(CCN(CC(=O)N3CCNCC3)CC1)OCC2. The Balaban J connectivity index is 1.40. The van der Waals surface area contributed by atoms with Gasteiger partial charge in [-0.1, -0.05) is 0 Å². The first kappa shape index (κ1) is 16.9. The molecule has 2 saturated heterocycles. The Kier molecular flexibility index (Phi) is 4.71. The van der Waals surface area contributed by atoms with E-state index in [0.29, 0.717) is 6.54 Å². The number of hydrogen-bond acceptors (Lipinski definition) is 6. The molecule has 0 bridgehead atoms. The van der Waals surface area contributed by atoms with Crippen LogP contribution in [0.1, 0.15) is 29.9 Å². The lowest BCUT2D eigenvalue weighted by molar-refractivity contribution is -0.136. The van der Waals surface area contributed by atoms with Crippen molar-refractivity contribution in [2.45, 2.75) is 31.8 Å². The molecule has 4 rings (SSSR count). The number of fused-ring (bicyclic) bond motifs is 2. The number of nitrogens with one attached hydrogen (secondary N) is 1. The maximum atomic E-state index is 12.5. The summed E-state index contributed by atoms with van der Waals surface area (Å²) in [5, 5.41) is 3.29. The molecule has 1 aromatic heterocycles. The quantitative estimate of drug-likeness (QED) is 0.819. The van der Waals surface area contributed by atoms with E-state index in [-0.39, 0.29) is 11.5 Å². The molecule has 1 amide bonds. The van der Waals surface area contributed by atoms with Crippen LogP contribution in [-0.2, 0) is 21.6 Å². The monoisotopic (exact) mass is 345 g/mol. The van der Waals surface area contributed by atoms with E-state index < -0.39 is 0 Å². The summed E-state index contributed by atoms with van der Waals surface area (Å²) in [5.74, 6) is 1.06. The number of hydrogen-bond donors (Lipinski definition) is 1. The third-order valence-electron chi connectivity index (χ3n) is 5.66. The summed E-state index contributed by atoms with van der Waals surface area (Å²) >= 11 is 0. The highest BCUT2D eigenvalue weighted by atomic mass is 16.5. The van der Waals surface area contributed by atoms with E-state index in [9.17, 15) is 4.79 Å². The number of amides is 1. The van der Waals surface area contributed by atoms with Crippen LogP contribution in [-0.4, -0.2) is 78.1 Å². The number of carbonyl (C=O) groups excluding carboxylic acids is 1. The first-order valence-corrected chi connectivity index (χ1v) is 9.34. The molecular weight excluding hydrogens is 318 g/mol. The Labute approximate surface area is 148 Å². The van der Waals surface area contributed by atoms with Gasteiger partial charge in [0, 0.05) is 45.5 Å². The van der Waals surface area contributed by atoms with Gasteiger partial charge in [0.15, 0.2) is 0 Å². The lowest BCUT2D eigenvalue weighted by Gasteiger charge is -2.44. The van der Waals surface area contributed by atoms with Gasteiger partial charge in [0.05, 0.1) is 18.8 Å². The minimum atomic E-state index is -0.282. The van der Waals surface area contributed by atoms with Crippen LogP contribution in [0.25, 0.3) is 0 Å². The molecular formula is C18H27N5O2. The van der Waals surface area contributed by atoms with Crippen molar-refractivity contribution in [3.05, 3.63) is 23.3 Å². The number of rotatable bonds is 2. The Morgan fingerprint density at radius 3 is 2.80 bits per heavy atom. The summed E-state index contributed by atoms with van der Waals surface area (Å²) < 4.78 is 6.24. The first-order chi connectivity index (χ1) is 12.2. The lowest BCUT2D eigenvalue weighted by Crippen LogP contribution is -2.52. The predicted molar refractivity (Wildman–Crippen MR) is 93.2 cm³/mol. The maximum absolute atomic E-state index is 12.5. The Morgan fingerprint density at radius 2 is 2.04 bits per heavy atom. The number of ether oxygens (including phenoxy) is 1. The second-order valence-corrected chi connectivity index (χ2v) is 7.29. The molecule has 25 heavy (non-hydrogen) atoms. The van der Waals surface area contributed by atoms with Crippen molar-refractivity contribution >= 4 is 5.91 Å². The molecule has 0 atom stereocenters. The number of piperazine rings is 1. The van der Waals surface area contributed by atoms with Crippen LogP contribution in [0.2, 0.25) is 0 Å². The Hall–Kier alpha value is -1.57. The summed E-state index contributed by atoms with van der Waals surface area (Å²) in [4.78, 5) is 25.8. The second kappa shape index (κ2) is 6.97. The molecule has 3 aliphatic heterocycles. The highest BCUT2D eigenvalue weighted by Crippen LogP contribution is 2.40. The normalized spacial score (nSPS) is 23.5. The van der Waals surface area contributed by atoms with E-state index >= 15 is 0 Å². The molecule has 0 saturated carbocycles. The molecule has 4 heterocycles. The fraction of sp³-hybridized carbons (Fsp3) is 0.722. The van der Waals surface area contributed by atoms with E-state index in [1.165, 1.54) is 5.56 Å². The Bertz CT molecular complexity index is 636. The highest BCUT2D eigenvalue weighted by Gasteiger charge is 2.42. The number of nitrogens with zero attached hydrogens (tertiary/aromatic N) is 4. The minimum absolute atomic E-state index is 0.251. The van der Waals surface area contributed by atoms with Crippen LogP contribution in [0.3, 0.4) is 0 Å². The molecule has 0 radical (unpaired) electrons. The molecule has 1 spiro atoms. The van der Waals surface area contributed by atoms with Gasteiger partial charge in [0.25, 0.3) is 0 Å². The molecule has 1 aromatic rings. The average molecular weight is 345 g/mol. The van der Waals surface area contributed by atoms with Gasteiger partial charge >= 0.3 is 0 Å². The number of aryl methyl sites for hydroxylation is 1. The van der Waals surface area contributed by atoms with Crippen molar-refractivity contribution in [1.29, 1.82) is 0 Å². The lowest BCUT2D eigenvalue weighted by atomic mass is 9.83. The van der Waals surface area contributed by atoms with Crippen LogP contribution in [0.4, 0.5) is 0 Å². The highest BCUT2D eigenvalue weighted by molar-refractivity contribution is 5.78. The summed E-state index contributed by atoms with van der Waals surface area (Å²) in [6, 6.07) is 0. The predicted octanol–water partition coefficient (Wildman–Crippen LogP) is 0.0806. The smallest absolute Gasteiger partial charge is 0.236 e. The van der Waals surface area contributed by atoms with Crippen molar-refractivity contribution in [2.24, 2.45) is 0 Å². The minimum Gasteiger partial charge on any atom is -0.368 e. The van der Waals surface area contributed by atoms with Gasteiger partial charge in [-0.2, -0.15) is 0 Å². The molecule has 0 aliphatic carbocycles. The van der Waals surface area contributed by atoms with Crippen molar-refractivity contribution in [2.75, 3.05) is 52.4 Å². The number of likely N-dealkylation sites (tertiary alicyclic amines) is 1. The second-order valence-electron chi connectivity index (χ2n) is 7.29. The number of carbonyl (C=O) groups is 1. The topological polar surface area (TPSA) is 70.6 Å². The zero-order chi connectivity index (χ0) is 17.3. The molecule has 3 aliphatic rings. The number of piperidine rings is 1. The van der Waals surface area contributed by atoms with Crippen LogP contribution in [0.5, 0.6) is 0 Å². The van der Waals surface area contributed by atoms with Gasteiger partial charge in [-0.05, 0) is 31.7 Å². The van der Waals surface area contributed by atoms with E-state index in [1.807, 2.05) is 18.0 Å². The standard InChI is InChI=1S/C18H27N5O2/c1-14-20-12-15-2-11-25-18(17(15)21-14)3-7-22(8-4-18)13-16(24)23-9-5-19-6-10-23/h12,19H,2-11,13H2,1H3. The zero-order valence-corrected chi connectivity index (χ0v) is 15.0. The van der Waals surface area contributed by atoms with Gasteiger partial charge in [-0.25, -0.2) is 9.97 Å². The molecule has 7 heteroatoms. The van der Waals surface area contributed by atoms with Gasteiger partial charge in [0.2, 0.25) is 5.91 Å². The van der Waals surface area contributed by atoms with Crippen LogP contribution < -0.4 is 5.32 Å². The summed E-state index contributed by atoms with van der Waals surface area (Å²) in [6.07, 6.45) is 4.64. The van der Waals surface area contributed by atoms with Crippen LogP contribution in [0, 0.1) is 6.92 Å². The van der Waals surface area contributed by atoms with Crippen molar-refractivity contribution in [3.8, 4) is 0 Å². The fourth-order valence-corrected chi connectivity index (χ4v) is 4.16. The molecule has 0 unspecified atom stereocenters.